The van der Waals surface area contributed by atoms with Crippen molar-refractivity contribution < 1.29 is 0 Å². The van der Waals surface area contributed by atoms with Crippen LogP contribution in [0.25, 0.3) is 0 Å². The van der Waals surface area contributed by atoms with Crippen LogP contribution in [0.4, 0.5) is 5.82 Å². The first kappa shape index (κ1) is 11.4. The van der Waals surface area contributed by atoms with E-state index in [0.29, 0.717) is 0 Å². The van der Waals surface area contributed by atoms with Crippen LogP contribution in [-0.2, 0) is 13.0 Å². The van der Waals surface area contributed by atoms with Gasteiger partial charge in [-0.2, -0.15) is 0 Å². The highest BCUT2D eigenvalue weighted by atomic mass is 15.1. The Bertz CT molecular complexity index is 351. The minimum Gasteiger partial charge on any atom is -0.370 e. The van der Waals surface area contributed by atoms with Gasteiger partial charge in [-0.25, -0.2) is 4.98 Å². The molecule has 0 aliphatic carbocycles. The number of nitrogens with zero attached hydrogens (tertiary/aromatic N) is 2. The van der Waals surface area contributed by atoms with Crippen molar-refractivity contribution in [1.29, 1.82) is 0 Å². The van der Waals surface area contributed by atoms with E-state index in [4.69, 9.17) is 5.73 Å². The lowest BCUT2D eigenvalue weighted by Crippen LogP contribution is -2.27. The van der Waals surface area contributed by atoms with Crippen LogP contribution in [-0.4, -0.2) is 36.6 Å². The van der Waals surface area contributed by atoms with Crippen LogP contribution in [0.1, 0.15) is 17.7 Å². The third-order valence-electron chi connectivity index (χ3n) is 2.94. The van der Waals surface area contributed by atoms with Crippen molar-refractivity contribution in [3.8, 4) is 0 Å². The first-order valence-corrected chi connectivity index (χ1v) is 5.91. The molecule has 16 heavy (non-hydrogen) atoms. The van der Waals surface area contributed by atoms with E-state index in [-0.39, 0.29) is 0 Å². The normalized spacial score (nSPS) is 15.9. The van der Waals surface area contributed by atoms with Gasteiger partial charge in [-0.1, -0.05) is 6.07 Å². The second kappa shape index (κ2) is 5.27. The maximum Gasteiger partial charge on any atom is 0.126 e. The van der Waals surface area contributed by atoms with E-state index in [1.165, 1.54) is 11.3 Å². The zero-order valence-electron chi connectivity index (χ0n) is 9.87. The summed E-state index contributed by atoms with van der Waals surface area (Å²) < 4.78 is 0. The van der Waals surface area contributed by atoms with Crippen LogP contribution >= 0.6 is 0 Å². The second-order valence-corrected chi connectivity index (χ2v) is 4.36. The molecule has 4 nitrogen and oxygen atoms in total. The molecule has 0 saturated carbocycles. The predicted octanol–water partition coefficient (Wildman–Crippen LogP) is 0.830. The van der Waals surface area contributed by atoms with Gasteiger partial charge in [0.1, 0.15) is 5.82 Å². The molecule has 4 heteroatoms. The summed E-state index contributed by atoms with van der Waals surface area (Å²) in [6.07, 6.45) is 2.10. The minimum absolute atomic E-state index is 0.723. The van der Waals surface area contributed by atoms with Gasteiger partial charge < -0.3 is 16.0 Å². The SMILES string of the molecule is CN1CCc2ccc(NCCCN)nc2C1. The molecule has 88 valence electrons. The van der Waals surface area contributed by atoms with E-state index in [2.05, 4.69) is 34.4 Å². The molecule has 0 radical (unpaired) electrons. The van der Waals surface area contributed by atoms with E-state index in [9.17, 15) is 0 Å². The quantitative estimate of drug-likeness (QED) is 0.738. The van der Waals surface area contributed by atoms with Crippen LogP contribution in [0.3, 0.4) is 0 Å². The topological polar surface area (TPSA) is 54.2 Å². The Morgan fingerprint density at radius 1 is 1.50 bits per heavy atom. The molecule has 0 aromatic carbocycles. The molecule has 1 aromatic rings. The fourth-order valence-electron chi connectivity index (χ4n) is 1.96. The Labute approximate surface area is 96.8 Å². The largest absolute Gasteiger partial charge is 0.370 e. The number of hydrogen-bond donors (Lipinski definition) is 2. The fraction of sp³-hybridized carbons (Fsp3) is 0.583. The summed E-state index contributed by atoms with van der Waals surface area (Å²) in [5.74, 6) is 0.975. The van der Waals surface area contributed by atoms with Gasteiger partial charge >= 0.3 is 0 Å². The molecule has 0 atom stereocenters. The number of pyridine rings is 1. The van der Waals surface area contributed by atoms with Crippen molar-refractivity contribution in [2.24, 2.45) is 5.73 Å². The van der Waals surface area contributed by atoms with Gasteiger partial charge in [0.25, 0.3) is 0 Å². The Morgan fingerprint density at radius 2 is 2.38 bits per heavy atom. The lowest BCUT2D eigenvalue weighted by molar-refractivity contribution is 0.308. The summed E-state index contributed by atoms with van der Waals surface area (Å²) in [7, 11) is 2.14. The summed E-state index contributed by atoms with van der Waals surface area (Å²) in [5, 5.41) is 3.30. The highest BCUT2D eigenvalue weighted by Gasteiger charge is 2.14. The van der Waals surface area contributed by atoms with E-state index >= 15 is 0 Å². The Kier molecular flexibility index (Phi) is 3.74. The molecule has 0 fully saturated rings. The minimum atomic E-state index is 0.723. The standard InChI is InChI=1S/C12H20N4/c1-16-8-5-10-3-4-12(14-7-2-6-13)15-11(10)9-16/h3-4H,2,5-9,13H2,1H3,(H,14,15). The number of aromatic nitrogens is 1. The summed E-state index contributed by atoms with van der Waals surface area (Å²) >= 11 is 0. The van der Waals surface area contributed by atoms with Crippen molar-refractivity contribution in [3.05, 3.63) is 23.4 Å². The van der Waals surface area contributed by atoms with Gasteiger partial charge in [0.2, 0.25) is 0 Å². The van der Waals surface area contributed by atoms with Gasteiger partial charge in [-0.05, 0) is 38.1 Å². The molecule has 1 aliphatic heterocycles. The Balaban J connectivity index is 2.03. The molecule has 3 N–H and O–H groups in total. The van der Waals surface area contributed by atoms with Gasteiger partial charge in [0.05, 0.1) is 5.69 Å². The first-order valence-electron chi connectivity index (χ1n) is 5.91. The number of rotatable bonds is 4. The van der Waals surface area contributed by atoms with Crippen LogP contribution in [0, 0.1) is 0 Å². The number of fused-ring (bicyclic) bond motifs is 1. The molecular formula is C12H20N4. The van der Waals surface area contributed by atoms with Crippen molar-refractivity contribution in [2.75, 3.05) is 32.0 Å². The molecular weight excluding hydrogens is 200 g/mol. The van der Waals surface area contributed by atoms with E-state index in [1.54, 1.807) is 0 Å². The van der Waals surface area contributed by atoms with Crippen LogP contribution in [0.2, 0.25) is 0 Å². The van der Waals surface area contributed by atoms with Gasteiger partial charge in [-0.3, -0.25) is 0 Å². The summed E-state index contributed by atoms with van der Waals surface area (Å²) in [5.41, 5.74) is 8.06. The smallest absolute Gasteiger partial charge is 0.126 e. The summed E-state index contributed by atoms with van der Waals surface area (Å²) in [4.78, 5) is 6.95. The number of hydrogen-bond acceptors (Lipinski definition) is 4. The lowest BCUT2D eigenvalue weighted by Gasteiger charge is -2.24. The maximum absolute atomic E-state index is 5.45. The number of likely N-dealkylation sites (N-methyl/N-ethyl adjacent to an activating group) is 1. The molecule has 1 aromatic heterocycles. The average molecular weight is 220 g/mol. The molecule has 0 saturated heterocycles. The number of nitrogens with one attached hydrogen (secondary N) is 1. The highest BCUT2D eigenvalue weighted by Crippen LogP contribution is 2.18. The molecule has 0 unspecified atom stereocenters. The number of anilines is 1. The number of nitrogens with two attached hydrogens (primary N) is 1. The van der Waals surface area contributed by atoms with Crippen molar-refractivity contribution in [2.45, 2.75) is 19.4 Å². The Morgan fingerprint density at radius 3 is 3.19 bits per heavy atom. The summed E-state index contributed by atoms with van der Waals surface area (Å²) in [6, 6.07) is 4.26. The Hall–Kier alpha value is -1.13. The predicted molar refractivity (Wildman–Crippen MR) is 66.4 cm³/mol. The third-order valence-corrected chi connectivity index (χ3v) is 2.94. The maximum atomic E-state index is 5.45. The lowest BCUT2D eigenvalue weighted by atomic mass is 10.1. The molecule has 1 aliphatic rings. The van der Waals surface area contributed by atoms with Gasteiger partial charge in [-0.15, -0.1) is 0 Å². The van der Waals surface area contributed by atoms with Crippen molar-refractivity contribution >= 4 is 5.82 Å². The average Bonchev–Trinajstić information content (AvgIpc) is 2.29. The highest BCUT2D eigenvalue weighted by molar-refractivity contribution is 5.39. The van der Waals surface area contributed by atoms with Crippen LogP contribution < -0.4 is 11.1 Å². The molecule has 0 bridgehead atoms. The monoisotopic (exact) mass is 220 g/mol. The molecule has 0 spiro atoms. The fourth-order valence-corrected chi connectivity index (χ4v) is 1.96. The molecule has 0 amide bonds. The van der Waals surface area contributed by atoms with Gasteiger partial charge in [0.15, 0.2) is 0 Å². The van der Waals surface area contributed by atoms with Crippen LogP contribution in [0.15, 0.2) is 12.1 Å². The van der Waals surface area contributed by atoms with E-state index in [1.807, 2.05) is 0 Å². The molecule has 2 heterocycles. The third kappa shape index (κ3) is 2.71. The zero-order valence-corrected chi connectivity index (χ0v) is 9.87. The molecule has 2 rings (SSSR count). The summed E-state index contributed by atoms with van der Waals surface area (Å²) in [6.45, 7) is 3.72. The van der Waals surface area contributed by atoms with Gasteiger partial charge in [0, 0.05) is 19.6 Å². The second-order valence-electron chi connectivity index (χ2n) is 4.36. The van der Waals surface area contributed by atoms with Crippen molar-refractivity contribution in [1.82, 2.24) is 9.88 Å². The van der Waals surface area contributed by atoms with Crippen molar-refractivity contribution in [3.63, 3.8) is 0 Å². The van der Waals surface area contributed by atoms with E-state index in [0.717, 1.165) is 44.8 Å². The van der Waals surface area contributed by atoms with Crippen LogP contribution in [0.5, 0.6) is 0 Å². The van der Waals surface area contributed by atoms with E-state index < -0.39 is 0 Å². The zero-order chi connectivity index (χ0) is 11.4. The first-order chi connectivity index (χ1) is 7.79.